The molecule has 2 fully saturated rings. The molecule has 1 aromatic carbocycles. The zero-order valence-electron chi connectivity index (χ0n) is 16.7. The van der Waals surface area contributed by atoms with Crippen LogP contribution in [0.2, 0.25) is 5.02 Å². The van der Waals surface area contributed by atoms with Crippen molar-refractivity contribution in [1.82, 2.24) is 15.2 Å². The van der Waals surface area contributed by atoms with Crippen molar-refractivity contribution in [3.63, 3.8) is 0 Å². The second-order valence-electron chi connectivity index (χ2n) is 8.39. The molecule has 1 atom stereocenters. The van der Waals surface area contributed by atoms with Gasteiger partial charge in [0.25, 0.3) is 0 Å². The van der Waals surface area contributed by atoms with Crippen LogP contribution in [0, 0.1) is 0 Å². The average molecular weight is 419 g/mol. The van der Waals surface area contributed by atoms with Crippen molar-refractivity contribution < 1.29 is 13.9 Å². The van der Waals surface area contributed by atoms with Crippen LogP contribution < -0.4 is 10.6 Å². The van der Waals surface area contributed by atoms with E-state index in [1.165, 1.54) is 6.42 Å². The van der Waals surface area contributed by atoms with Crippen molar-refractivity contribution in [1.29, 1.82) is 0 Å². The molecular formula is C21H27ClN4O3. The fraction of sp³-hybridized carbons (Fsp3) is 0.619. The lowest BCUT2D eigenvalue weighted by atomic mass is 9.74. The van der Waals surface area contributed by atoms with E-state index in [0.717, 1.165) is 68.5 Å². The van der Waals surface area contributed by atoms with E-state index in [1.807, 2.05) is 6.92 Å². The molecule has 2 aliphatic heterocycles. The first-order valence-corrected chi connectivity index (χ1v) is 11.0. The van der Waals surface area contributed by atoms with Gasteiger partial charge in [0.2, 0.25) is 5.89 Å². The normalized spacial score (nSPS) is 23.9. The van der Waals surface area contributed by atoms with E-state index in [0.29, 0.717) is 23.1 Å². The van der Waals surface area contributed by atoms with E-state index >= 15 is 0 Å². The molecule has 1 saturated heterocycles. The lowest BCUT2D eigenvalue weighted by Gasteiger charge is -2.42. The van der Waals surface area contributed by atoms with E-state index in [4.69, 9.17) is 25.7 Å². The van der Waals surface area contributed by atoms with Gasteiger partial charge in [0.15, 0.2) is 5.58 Å². The largest absolute Gasteiger partial charge is 0.439 e. The SMILES string of the molecule is CCO[C@@H]1CCN(Cc2nc3cc(Cl)c4c(c3o2)C2(CCCCC2)NC(=O)N4)C1. The van der Waals surface area contributed by atoms with Crippen molar-refractivity contribution in [3.8, 4) is 0 Å². The third-order valence-electron chi connectivity index (χ3n) is 6.44. The molecule has 2 N–H and O–H groups in total. The van der Waals surface area contributed by atoms with Gasteiger partial charge in [-0.3, -0.25) is 4.90 Å². The molecule has 3 aliphatic rings. The van der Waals surface area contributed by atoms with E-state index in [2.05, 4.69) is 15.5 Å². The summed E-state index contributed by atoms with van der Waals surface area (Å²) in [7, 11) is 0. The Morgan fingerprint density at radius 1 is 1.38 bits per heavy atom. The summed E-state index contributed by atoms with van der Waals surface area (Å²) in [5, 5.41) is 6.60. The van der Waals surface area contributed by atoms with Crippen LogP contribution in [0.3, 0.4) is 0 Å². The van der Waals surface area contributed by atoms with Crippen LogP contribution in [0.1, 0.15) is 56.9 Å². The summed E-state index contributed by atoms with van der Waals surface area (Å²) in [5.41, 5.74) is 2.71. The third-order valence-corrected chi connectivity index (χ3v) is 6.74. The Morgan fingerprint density at radius 3 is 3.00 bits per heavy atom. The smallest absolute Gasteiger partial charge is 0.319 e. The zero-order valence-corrected chi connectivity index (χ0v) is 17.5. The number of hydrogen-bond donors (Lipinski definition) is 2. The first kappa shape index (κ1) is 19.2. The molecule has 7 nitrogen and oxygen atoms in total. The van der Waals surface area contributed by atoms with E-state index < -0.39 is 5.54 Å². The van der Waals surface area contributed by atoms with Crippen LogP contribution in [0.25, 0.3) is 11.1 Å². The molecule has 1 spiro atoms. The molecule has 29 heavy (non-hydrogen) atoms. The number of ether oxygens (including phenoxy) is 1. The van der Waals surface area contributed by atoms with Gasteiger partial charge in [-0.25, -0.2) is 9.78 Å². The Labute approximate surface area is 175 Å². The number of anilines is 1. The fourth-order valence-corrected chi connectivity index (χ4v) is 5.43. The predicted octanol–water partition coefficient (Wildman–Crippen LogP) is 4.39. The first-order chi connectivity index (χ1) is 14.1. The Balaban J connectivity index is 1.52. The molecule has 8 heteroatoms. The summed E-state index contributed by atoms with van der Waals surface area (Å²) < 4.78 is 12.0. The van der Waals surface area contributed by atoms with Crippen LogP contribution in [0.15, 0.2) is 10.5 Å². The molecule has 2 amide bonds. The quantitative estimate of drug-likeness (QED) is 0.769. The number of aromatic nitrogens is 1. The topological polar surface area (TPSA) is 79.6 Å². The maximum Gasteiger partial charge on any atom is 0.319 e. The number of nitrogens with zero attached hydrogens (tertiary/aromatic N) is 2. The second-order valence-corrected chi connectivity index (χ2v) is 8.79. The maximum absolute atomic E-state index is 12.4. The van der Waals surface area contributed by atoms with Gasteiger partial charge in [0.05, 0.1) is 28.9 Å². The number of halogens is 1. The number of carbonyl (C=O) groups is 1. The number of fused-ring (bicyclic) bond motifs is 4. The highest BCUT2D eigenvalue weighted by Gasteiger charge is 2.44. The number of hydrogen-bond acceptors (Lipinski definition) is 5. The van der Waals surface area contributed by atoms with Gasteiger partial charge in [0, 0.05) is 25.3 Å². The summed E-state index contributed by atoms with van der Waals surface area (Å²) in [6.07, 6.45) is 6.43. The van der Waals surface area contributed by atoms with Gasteiger partial charge in [-0.2, -0.15) is 0 Å². The van der Waals surface area contributed by atoms with Crippen LogP contribution in [0.5, 0.6) is 0 Å². The minimum atomic E-state index is -0.427. The van der Waals surface area contributed by atoms with Crippen LogP contribution in [-0.4, -0.2) is 41.7 Å². The number of carbonyl (C=O) groups excluding carboxylic acids is 1. The lowest BCUT2D eigenvalue weighted by Crippen LogP contribution is -2.52. The van der Waals surface area contributed by atoms with Gasteiger partial charge >= 0.3 is 6.03 Å². The predicted molar refractivity (Wildman–Crippen MR) is 111 cm³/mol. The number of benzene rings is 1. The Bertz CT molecular complexity index is 938. The number of oxazole rings is 1. The number of urea groups is 1. The van der Waals surface area contributed by atoms with Crippen molar-refractivity contribution in [2.24, 2.45) is 0 Å². The van der Waals surface area contributed by atoms with E-state index in [1.54, 1.807) is 6.07 Å². The minimum Gasteiger partial charge on any atom is -0.439 e. The van der Waals surface area contributed by atoms with E-state index in [9.17, 15) is 4.79 Å². The molecule has 3 heterocycles. The van der Waals surface area contributed by atoms with Crippen molar-refractivity contribution in [2.75, 3.05) is 25.0 Å². The van der Waals surface area contributed by atoms with Crippen LogP contribution in [0.4, 0.5) is 10.5 Å². The molecule has 1 aromatic heterocycles. The highest BCUT2D eigenvalue weighted by Crippen LogP contribution is 2.48. The van der Waals surface area contributed by atoms with Gasteiger partial charge in [-0.15, -0.1) is 0 Å². The molecule has 0 bridgehead atoms. The molecular weight excluding hydrogens is 392 g/mol. The first-order valence-electron chi connectivity index (χ1n) is 10.6. The standard InChI is InChI=1S/C21H27ClN4O3/c1-2-28-13-6-9-26(11-13)12-16-23-15-10-14(22)18-17(19(15)29-16)21(25-20(27)24-18)7-4-3-5-8-21/h10,13H,2-9,11-12H2,1H3,(H2,24,25,27)/t13-/m1/s1. The van der Waals surface area contributed by atoms with Crippen LogP contribution >= 0.6 is 11.6 Å². The summed E-state index contributed by atoms with van der Waals surface area (Å²) >= 11 is 6.57. The van der Waals surface area contributed by atoms with Crippen LogP contribution in [-0.2, 0) is 16.8 Å². The third kappa shape index (κ3) is 3.39. The summed E-state index contributed by atoms with van der Waals surface area (Å²) in [6, 6.07) is 1.61. The second kappa shape index (κ2) is 7.45. The molecule has 156 valence electrons. The summed E-state index contributed by atoms with van der Waals surface area (Å²) in [5.74, 6) is 0.685. The lowest BCUT2D eigenvalue weighted by molar-refractivity contribution is 0.0676. The van der Waals surface area contributed by atoms with Crippen molar-refractivity contribution in [3.05, 3.63) is 22.5 Å². The van der Waals surface area contributed by atoms with E-state index in [-0.39, 0.29) is 12.1 Å². The number of nitrogens with one attached hydrogen (secondary N) is 2. The molecule has 2 aromatic rings. The number of rotatable bonds is 4. The van der Waals surface area contributed by atoms with Gasteiger partial charge in [-0.05, 0) is 32.3 Å². The summed E-state index contributed by atoms with van der Waals surface area (Å²) in [6.45, 7) is 5.30. The van der Waals surface area contributed by atoms with Crippen molar-refractivity contribution >= 4 is 34.4 Å². The monoisotopic (exact) mass is 418 g/mol. The molecule has 0 radical (unpaired) electrons. The van der Waals surface area contributed by atoms with Crippen molar-refractivity contribution in [2.45, 2.75) is 63.6 Å². The maximum atomic E-state index is 12.4. The molecule has 1 aliphatic carbocycles. The zero-order chi connectivity index (χ0) is 20.0. The number of amides is 2. The fourth-order valence-electron chi connectivity index (χ4n) is 5.19. The minimum absolute atomic E-state index is 0.195. The Hall–Kier alpha value is -1.83. The molecule has 5 rings (SSSR count). The van der Waals surface area contributed by atoms with Gasteiger partial charge in [-0.1, -0.05) is 30.9 Å². The Morgan fingerprint density at radius 2 is 2.21 bits per heavy atom. The van der Waals surface area contributed by atoms with Gasteiger partial charge < -0.3 is 19.8 Å². The highest BCUT2D eigenvalue weighted by atomic mass is 35.5. The number of likely N-dealkylation sites (tertiary alicyclic amines) is 1. The summed E-state index contributed by atoms with van der Waals surface area (Å²) in [4.78, 5) is 19.4. The van der Waals surface area contributed by atoms with Gasteiger partial charge in [0.1, 0.15) is 5.52 Å². The molecule has 1 saturated carbocycles. The highest BCUT2D eigenvalue weighted by molar-refractivity contribution is 6.35. The molecule has 0 unspecified atom stereocenters. The Kier molecular flexibility index (Phi) is 4.92. The average Bonchev–Trinajstić information content (AvgIpc) is 3.29.